The Morgan fingerprint density at radius 1 is 0.389 bits per heavy atom. The van der Waals surface area contributed by atoms with E-state index in [0.717, 1.165) is 185 Å². The van der Waals surface area contributed by atoms with E-state index in [-0.39, 0.29) is 12.1 Å². The second-order valence-electron chi connectivity index (χ2n) is 32.6. The number of piperidine rings is 2. The van der Waals surface area contributed by atoms with Crippen LogP contribution in [-0.4, -0.2) is 186 Å². The van der Waals surface area contributed by atoms with E-state index in [9.17, 15) is 20.4 Å². The van der Waals surface area contributed by atoms with Gasteiger partial charge in [0.1, 0.15) is 46.5 Å². The molecule has 16 N–H and O–H groups in total. The smallest absolute Gasteiger partial charge is 0.153 e. The Hall–Kier alpha value is -14.0. The van der Waals surface area contributed by atoms with Gasteiger partial charge in [-0.3, -0.25) is 28.5 Å². The number of nitrogens with zero attached hydrogens (tertiary/aromatic N) is 18. The summed E-state index contributed by atoms with van der Waals surface area (Å²) in [5, 5.41) is 79.0. The van der Waals surface area contributed by atoms with E-state index in [1.165, 1.54) is 0 Å². The molecular weight excluding hydrogens is 1590 g/mol. The topological polar surface area (TPSA) is 432 Å². The molecule has 4 fully saturated rings. The Bertz CT molecular complexity index is 6240. The summed E-state index contributed by atoms with van der Waals surface area (Å²) in [6.07, 6.45) is 13.9. The Kier molecular flexibility index (Phi) is 24.4. The number of likely N-dealkylation sites (tertiary alicyclic amines) is 2. The highest BCUT2D eigenvalue weighted by molar-refractivity contribution is 5.98. The summed E-state index contributed by atoms with van der Waals surface area (Å²) in [5.41, 5.74) is 40.1. The van der Waals surface area contributed by atoms with E-state index >= 15 is 0 Å². The average molecular weight is 1690 g/mol. The van der Waals surface area contributed by atoms with Crippen LogP contribution >= 0.6 is 0 Å². The summed E-state index contributed by atoms with van der Waals surface area (Å²) < 4.78 is 17.6. The minimum atomic E-state index is -0.597. The van der Waals surface area contributed by atoms with E-state index in [2.05, 4.69) is 155 Å². The number of β-amino-alcohol motifs (C(OH)–C–C–N with tert-alkyl or cyclic N) is 2. The highest BCUT2D eigenvalue weighted by Gasteiger charge is 2.37. The highest BCUT2D eigenvalue weighted by Crippen LogP contribution is 2.38. The second kappa shape index (κ2) is 36.5. The number of rotatable bonds is 18. The lowest BCUT2D eigenvalue weighted by atomic mass is 10.00. The van der Waals surface area contributed by atoms with E-state index in [1.54, 1.807) is 86.6 Å². The van der Waals surface area contributed by atoms with Crippen molar-refractivity contribution < 1.29 is 29.9 Å². The van der Waals surface area contributed by atoms with Gasteiger partial charge in [0.05, 0.1) is 133 Å². The number of nitrogen functional groups attached to an aromatic ring is 4. The van der Waals surface area contributed by atoms with Crippen molar-refractivity contribution >= 4 is 113 Å². The van der Waals surface area contributed by atoms with Crippen molar-refractivity contribution in [1.29, 1.82) is 0 Å². The van der Waals surface area contributed by atoms with Gasteiger partial charge in [0.25, 0.3) is 0 Å². The molecule has 0 radical (unpaired) electrons. The number of aryl methyl sites for hydroxylation is 6. The first-order valence-corrected chi connectivity index (χ1v) is 42.0. The van der Waals surface area contributed by atoms with Crippen molar-refractivity contribution in [3.8, 4) is 45.0 Å². The third-order valence-corrected chi connectivity index (χ3v) is 23.7. The molecule has 16 heterocycles. The molecule has 16 aromatic rings. The zero-order valence-corrected chi connectivity index (χ0v) is 71.3. The third kappa shape index (κ3) is 18.5. The first kappa shape index (κ1) is 84.3. The molecule has 32 heteroatoms. The summed E-state index contributed by atoms with van der Waals surface area (Å²) in [5.74, 6) is 5.72. The predicted molar refractivity (Wildman–Crippen MR) is 493 cm³/mol. The van der Waals surface area contributed by atoms with Crippen LogP contribution in [0.4, 0.5) is 69.6 Å². The first-order valence-electron chi connectivity index (χ1n) is 42.0. The van der Waals surface area contributed by atoms with Crippen LogP contribution in [-0.2, 0) is 23.6 Å². The molecule has 4 aliphatic rings. The lowest BCUT2D eigenvalue weighted by molar-refractivity contribution is -0.0946. The quantitative estimate of drug-likeness (QED) is 0.0379. The molecule has 0 spiro atoms. The van der Waals surface area contributed by atoms with Gasteiger partial charge in [-0.15, -0.1) is 0 Å². The van der Waals surface area contributed by atoms with Gasteiger partial charge in [-0.2, -0.15) is 20.4 Å². The van der Waals surface area contributed by atoms with Crippen LogP contribution in [0.1, 0.15) is 84.6 Å². The number of anilines is 12. The average Bonchev–Trinajstić information content (AvgIpc) is 1.78. The van der Waals surface area contributed by atoms with Crippen molar-refractivity contribution in [2.24, 2.45) is 14.1 Å². The third-order valence-electron chi connectivity index (χ3n) is 23.7. The molecule has 32 nitrogen and oxygen atoms in total. The van der Waals surface area contributed by atoms with Gasteiger partial charge in [-0.1, -0.05) is 97.1 Å². The van der Waals surface area contributed by atoms with E-state index in [0.29, 0.717) is 83.4 Å². The largest absolute Gasteiger partial charge is 0.390 e. The van der Waals surface area contributed by atoms with E-state index < -0.39 is 24.4 Å². The number of nitrogens with two attached hydrogens (primary N) is 4. The zero-order valence-electron chi connectivity index (χ0n) is 71.3. The molecule has 0 unspecified atom stereocenters. The molecule has 6 atom stereocenters. The highest BCUT2D eigenvalue weighted by atomic mass is 16.5. The summed E-state index contributed by atoms with van der Waals surface area (Å²) in [7, 11) is 3.59. The summed E-state index contributed by atoms with van der Waals surface area (Å²) in [6.45, 7) is 17.9. The van der Waals surface area contributed by atoms with Gasteiger partial charge in [0, 0.05) is 133 Å². The van der Waals surface area contributed by atoms with Crippen molar-refractivity contribution in [2.45, 2.75) is 103 Å². The molecule has 20 rings (SSSR count). The fourth-order valence-corrected chi connectivity index (χ4v) is 16.6. The number of hydrogen-bond donors (Lipinski definition) is 12. The standard InChI is InChI=1S/2C26H29N7O2.2C21H22N6O/c2*1-16-4-2-3-5-20(16)22-8-17-9-25(28-11-21(17)26(27)31-22)30-18-10-29-33(12-18)23-6-7-32(13-24(23)34)19-14-35-15-19;2*1-12-6-4-5-7-15(12)17-8-14-9-19(23-11-16(14)21(22)24-17)25-20-10-18(13(2)28)27(3)26-20/h2*2-5,8-12,19,23-24,34H,6-7,13-15H2,1H3,(H2,27,31)(H,28,30);2*4-11,13,28H,1-3H3,(H2,22,24)(H,23,25,26)/t2*23-,24-;2*13-/m1010/s1. The van der Waals surface area contributed by atoms with Gasteiger partial charge < -0.3 is 74.1 Å². The maximum absolute atomic E-state index is 10.8. The normalized spacial score (nSPS) is 17.2. The summed E-state index contributed by atoms with van der Waals surface area (Å²) in [6, 6.07) is 52.7. The van der Waals surface area contributed by atoms with Crippen LogP contribution in [0.5, 0.6) is 0 Å². The second-order valence-corrected chi connectivity index (χ2v) is 32.6. The first-order chi connectivity index (χ1) is 60.9. The lowest BCUT2D eigenvalue weighted by Crippen LogP contribution is -2.55. The number of benzene rings is 4. The Morgan fingerprint density at radius 2 is 0.683 bits per heavy atom. The fraction of sp³-hybridized carbons (Fsp3) is 0.277. The van der Waals surface area contributed by atoms with Gasteiger partial charge in [-0.25, -0.2) is 39.9 Å². The molecule has 4 aromatic carbocycles. The number of nitrogens with one attached hydrogen (secondary N) is 4. The van der Waals surface area contributed by atoms with Gasteiger partial charge in [-0.05, 0) is 147 Å². The number of fused-ring (bicyclic) bond motifs is 4. The molecule has 0 saturated carbocycles. The van der Waals surface area contributed by atoms with Crippen molar-refractivity contribution in [1.82, 2.24) is 88.8 Å². The molecule has 0 amide bonds. The predicted octanol–water partition coefficient (Wildman–Crippen LogP) is 13.7. The molecular formula is C94H102N26O6. The number of ether oxygens (including phenoxy) is 2. The van der Waals surface area contributed by atoms with Crippen LogP contribution in [0.15, 0.2) is 207 Å². The van der Waals surface area contributed by atoms with Gasteiger partial charge in [0.15, 0.2) is 11.6 Å². The Morgan fingerprint density at radius 3 is 0.944 bits per heavy atom. The number of hydrogen-bond acceptors (Lipinski definition) is 28. The SMILES string of the molecule is Cc1ccccc1-c1cc2cc(Nc3cc([C@@H](C)O)n(C)n3)ncc2c(N)n1.Cc1ccccc1-c1cc2cc(Nc3cc([C@H](C)O)n(C)n3)ncc2c(N)n1.Cc1ccccc1-c1cc2cc(Nc3cnn([C@@H]4CCN(C5COC5)C[C@H]4O)c3)ncc2c(N)n1.Cc1ccccc1-c1cc2cc(Nc3cnn([C@H]4CCN(C5COC5)C[C@@H]4O)c3)ncc2c(N)n1. The molecule has 126 heavy (non-hydrogen) atoms. The number of pyridine rings is 8. The zero-order chi connectivity index (χ0) is 87.6. The van der Waals surface area contributed by atoms with Crippen LogP contribution in [0.2, 0.25) is 0 Å². The molecule has 4 saturated heterocycles. The summed E-state index contributed by atoms with van der Waals surface area (Å²) in [4.78, 5) is 40.9. The minimum absolute atomic E-state index is 0.0464. The maximum Gasteiger partial charge on any atom is 0.153 e. The van der Waals surface area contributed by atoms with Gasteiger partial charge in [0.2, 0.25) is 0 Å². The minimum Gasteiger partial charge on any atom is -0.390 e. The van der Waals surface area contributed by atoms with Crippen molar-refractivity contribution in [2.75, 3.05) is 96.8 Å². The molecule has 0 bridgehead atoms. The summed E-state index contributed by atoms with van der Waals surface area (Å²) >= 11 is 0. The van der Waals surface area contributed by atoms with E-state index in [1.807, 2.05) is 131 Å². The van der Waals surface area contributed by atoms with Crippen LogP contribution in [0.25, 0.3) is 88.1 Å². The molecule has 644 valence electrons. The van der Waals surface area contributed by atoms with Crippen molar-refractivity contribution in [3.63, 3.8) is 0 Å². The Labute approximate surface area is 727 Å². The lowest BCUT2D eigenvalue weighted by Gasteiger charge is -2.43. The van der Waals surface area contributed by atoms with Crippen LogP contribution in [0, 0.1) is 27.7 Å². The van der Waals surface area contributed by atoms with E-state index in [4.69, 9.17) is 32.4 Å². The number of aromatic nitrogens is 16. The van der Waals surface area contributed by atoms with Crippen molar-refractivity contribution in [3.05, 3.63) is 241 Å². The Balaban J connectivity index is 0.000000119. The van der Waals surface area contributed by atoms with Crippen LogP contribution < -0.4 is 44.2 Å². The number of aliphatic hydroxyl groups excluding tert-OH is 4. The van der Waals surface area contributed by atoms with Gasteiger partial charge >= 0.3 is 0 Å². The van der Waals surface area contributed by atoms with Crippen LogP contribution in [0.3, 0.4) is 0 Å². The number of aliphatic hydroxyl groups is 4. The fourth-order valence-electron chi connectivity index (χ4n) is 16.6. The molecule has 4 aliphatic heterocycles. The maximum atomic E-state index is 10.8. The molecule has 0 aliphatic carbocycles. The monoisotopic (exact) mass is 1690 g/mol. The molecule has 12 aromatic heterocycles.